The average molecular weight is 385 g/mol. The molecule has 24 heavy (non-hydrogen) atoms. The lowest BCUT2D eigenvalue weighted by Gasteiger charge is -2.61. The summed E-state index contributed by atoms with van der Waals surface area (Å²) < 4.78 is 14.2. The summed E-state index contributed by atoms with van der Waals surface area (Å²) in [5.41, 5.74) is 1.65. The van der Waals surface area contributed by atoms with Crippen LogP contribution in [-0.2, 0) is 8.23 Å². The maximum Gasteiger partial charge on any atom is 0.325 e. The fourth-order valence-electron chi connectivity index (χ4n) is 4.56. The Bertz CT molecular complexity index is 452. The van der Waals surface area contributed by atoms with Crippen LogP contribution in [0.5, 0.6) is 0 Å². The Morgan fingerprint density at radius 2 is 1.54 bits per heavy atom. The number of hydrogen-bond donors (Lipinski definition) is 0. The summed E-state index contributed by atoms with van der Waals surface area (Å²) in [5, 5.41) is 0. The van der Waals surface area contributed by atoms with Gasteiger partial charge in [-0.2, -0.15) is 0 Å². The first-order valence-electron chi connectivity index (χ1n) is 9.81. The summed E-state index contributed by atoms with van der Waals surface area (Å²) in [6.07, 6.45) is 10.0. The van der Waals surface area contributed by atoms with Gasteiger partial charge < -0.3 is 8.23 Å². The first-order valence-corrected chi connectivity index (χ1v) is 18.6. The molecule has 2 aliphatic rings. The summed E-state index contributed by atoms with van der Waals surface area (Å²) in [6.45, 7) is 21.2. The van der Waals surface area contributed by atoms with Crippen LogP contribution in [0.3, 0.4) is 0 Å². The highest BCUT2D eigenvalue weighted by Gasteiger charge is 2.68. The van der Waals surface area contributed by atoms with Crippen LogP contribution < -0.4 is 0 Å². The van der Waals surface area contributed by atoms with Crippen LogP contribution in [0.15, 0.2) is 12.2 Å². The minimum Gasteiger partial charge on any atom is -0.436 e. The molecule has 2 rings (SSSR count). The van der Waals surface area contributed by atoms with E-state index in [9.17, 15) is 0 Å². The van der Waals surface area contributed by atoms with E-state index in [2.05, 4.69) is 72.2 Å². The molecule has 0 saturated carbocycles. The largest absolute Gasteiger partial charge is 0.436 e. The van der Waals surface area contributed by atoms with Crippen molar-refractivity contribution in [2.75, 3.05) is 0 Å². The third-order valence-corrected chi connectivity index (χ3v) is 15.8. The van der Waals surface area contributed by atoms with Crippen LogP contribution >= 0.6 is 0 Å². The predicted molar refractivity (Wildman–Crippen MR) is 113 cm³/mol. The van der Waals surface area contributed by atoms with Gasteiger partial charge in [-0.25, -0.2) is 0 Å². The molecule has 0 bridgehead atoms. The van der Waals surface area contributed by atoms with Crippen LogP contribution in [0.4, 0.5) is 0 Å². The van der Waals surface area contributed by atoms with Gasteiger partial charge in [-0.1, -0.05) is 32.9 Å². The van der Waals surface area contributed by atoms with E-state index in [0.29, 0.717) is 22.4 Å². The fourth-order valence-corrected chi connectivity index (χ4v) is 18.7. The van der Waals surface area contributed by atoms with E-state index in [0.717, 1.165) is 0 Å². The normalized spacial score (nSPS) is 30.5. The third-order valence-electron chi connectivity index (χ3n) is 4.97. The second-order valence-corrected chi connectivity index (χ2v) is 24.1. The van der Waals surface area contributed by atoms with E-state index in [1.54, 1.807) is 0 Å². The van der Waals surface area contributed by atoms with Crippen molar-refractivity contribution in [3.05, 3.63) is 12.2 Å². The number of rotatable bonds is 5. The predicted octanol–water partition coefficient (Wildman–Crippen LogP) is 6.68. The van der Waals surface area contributed by atoms with Gasteiger partial charge in [-0.05, 0) is 76.3 Å². The van der Waals surface area contributed by atoms with Crippen molar-refractivity contribution in [2.45, 2.75) is 96.8 Å². The SMILES string of the molecule is CC(C)(C)C[C@H]1[C@H]2C=CCCC[C@H]2[Si]1(O[Si](C)(C)C)O[Si](C)(C)C. The van der Waals surface area contributed by atoms with Crippen LogP contribution in [0, 0.1) is 11.3 Å². The molecule has 2 nitrogen and oxygen atoms in total. The molecule has 0 spiro atoms. The summed E-state index contributed by atoms with van der Waals surface area (Å²) in [5.74, 6) is 0.700. The third kappa shape index (κ3) is 4.94. The first-order chi connectivity index (χ1) is 10.7. The Kier molecular flexibility index (Phi) is 5.84. The molecule has 1 heterocycles. The average Bonchev–Trinajstić information content (AvgIpc) is 2.54. The lowest BCUT2D eigenvalue weighted by Crippen LogP contribution is -2.69. The molecule has 0 unspecified atom stereocenters. The molecule has 140 valence electrons. The van der Waals surface area contributed by atoms with E-state index < -0.39 is 25.2 Å². The van der Waals surface area contributed by atoms with Gasteiger partial charge in [0.15, 0.2) is 16.6 Å². The van der Waals surface area contributed by atoms with E-state index >= 15 is 0 Å². The highest BCUT2D eigenvalue weighted by atomic mass is 28.5. The van der Waals surface area contributed by atoms with Gasteiger partial charge in [0.1, 0.15) is 0 Å². The van der Waals surface area contributed by atoms with Gasteiger partial charge in [-0.15, -0.1) is 0 Å². The summed E-state index contributed by atoms with van der Waals surface area (Å²) in [7, 11) is -5.45. The number of fused-ring (bicyclic) bond motifs is 1. The minimum atomic E-state index is -2.18. The van der Waals surface area contributed by atoms with Crippen molar-refractivity contribution in [1.29, 1.82) is 0 Å². The molecule has 0 N–H and O–H groups in total. The van der Waals surface area contributed by atoms with E-state index in [1.165, 1.54) is 25.7 Å². The van der Waals surface area contributed by atoms with Gasteiger partial charge in [0.05, 0.1) is 0 Å². The summed E-state index contributed by atoms with van der Waals surface area (Å²) in [6, 6.07) is 0. The van der Waals surface area contributed by atoms with Crippen LogP contribution in [0.1, 0.15) is 46.5 Å². The van der Waals surface area contributed by atoms with Crippen LogP contribution in [-0.4, -0.2) is 25.2 Å². The second-order valence-electron chi connectivity index (χ2n) is 11.1. The van der Waals surface area contributed by atoms with Gasteiger partial charge in [0.2, 0.25) is 0 Å². The maximum absolute atomic E-state index is 7.08. The Morgan fingerprint density at radius 3 is 2.00 bits per heavy atom. The monoisotopic (exact) mass is 384 g/mol. The molecular formula is C19H40O2Si3. The first kappa shape index (κ1) is 20.6. The Balaban J connectivity index is 2.43. The topological polar surface area (TPSA) is 18.5 Å². The number of allylic oxidation sites excluding steroid dienone is 2. The molecule has 3 atom stereocenters. The molecule has 1 fully saturated rings. The summed E-state index contributed by atoms with van der Waals surface area (Å²) in [4.78, 5) is 0. The van der Waals surface area contributed by atoms with Crippen molar-refractivity contribution < 1.29 is 8.23 Å². The molecule has 5 heteroatoms. The molecule has 1 aliphatic carbocycles. The maximum atomic E-state index is 7.08. The van der Waals surface area contributed by atoms with Gasteiger partial charge in [0.25, 0.3) is 0 Å². The fraction of sp³-hybridized carbons (Fsp3) is 0.895. The molecule has 0 radical (unpaired) electrons. The highest BCUT2D eigenvalue weighted by Crippen LogP contribution is 2.65. The van der Waals surface area contributed by atoms with E-state index in [-0.39, 0.29) is 0 Å². The van der Waals surface area contributed by atoms with Gasteiger partial charge >= 0.3 is 8.56 Å². The lowest BCUT2D eigenvalue weighted by atomic mass is 9.83. The molecular weight excluding hydrogens is 344 g/mol. The molecule has 1 saturated heterocycles. The zero-order valence-corrected chi connectivity index (χ0v) is 20.5. The Labute approximate surface area is 153 Å². The number of hydrogen-bond acceptors (Lipinski definition) is 2. The molecule has 0 amide bonds. The zero-order chi connectivity index (χ0) is 18.4. The Hall–Kier alpha value is 0.311. The van der Waals surface area contributed by atoms with E-state index in [1.807, 2.05) is 0 Å². The molecule has 0 aromatic rings. The van der Waals surface area contributed by atoms with Crippen molar-refractivity contribution >= 4 is 25.2 Å². The van der Waals surface area contributed by atoms with Crippen molar-refractivity contribution in [3.8, 4) is 0 Å². The Morgan fingerprint density at radius 1 is 1.00 bits per heavy atom. The summed E-state index contributed by atoms with van der Waals surface area (Å²) >= 11 is 0. The van der Waals surface area contributed by atoms with E-state index in [4.69, 9.17) is 8.23 Å². The minimum absolute atomic E-state index is 0.333. The van der Waals surface area contributed by atoms with Crippen LogP contribution in [0.2, 0.25) is 50.4 Å². The van der Waals surface area contributed by atoms with Crippen molar-refractivity contribution in [2.24, 2.45) is 11.3 Å². The van der Waals surface area contributed by atoms with Crippen LogP contribution in [0.25, 0.3) is 0 Å². The van der Waals surface area contributed by atoms with Gasteiger partial charge in [-0.3, -0.25) is 0 Å². The van der Waals surface area contributed by atoms with Gasteiger partial charge in [0, 0.05) is 11.1 Å². The lowest BCUT2D eigenvalue weighted by molar-refractivity contribution is 0.192. The molecule has 0 aromatic heterocycles. The van der Waals surface area contributed by atoms with Crippen molar-refractivity contribution in [1.82, 2.24) is 0 Å². The molecule has 0 aromatic carbocycles. The highest BCUT2D eigenvalue weighted by molar-refractivity contribution is 6.91. The standard InChI is InChI=1S/C19H40O2Si3/c1-19(2,3)15-18-16-13-11-10-12-14-17(16)24(18,20-22(4,5)6)21-23(7,8)9/h11,13,16-18H,10,12,14-15H2,1-9H3/t16-,17+,18-/m0/s1. The zero-order valence-electron chi connectivity index (χ0n) is 17.5. The quantitative estimate of drug-likeness (QED) is 0.389. The van der Waals surface area contributed by atoms with Crippen molar-refractivity contribution in [3.63, 3.8) is 0 Å². The molecule has 1 aliphatic heterocycles. The smallest absolute Gasteiger partial charge is 0.325 e. The second kappa shape index (κ2) is 6.80.